The molecule has 1 aromatic carbocycles. The highest BCUT2D eigenvalue weighted by atomic mass is 32.2. The molecule has 0 heterocycles. The molecule has 0 unspecified atom stereocenters. The first-order chi connectivity index (χ1) is 10.6. The quantitative estimate of drug-likeness (QED) is 0.451. The lowest BCUT2D eigenvalue weighted by molar-refractivity contribution is -0.0498. The zero-order chi connectivity index (χ0) is 16.4. The van der Waals surface area contributed by atoms with Crippen molar-refractivity contribution >= 4 is 17.7 Å². The van der Waals surface area contributed by atoms with Crippen molar-refractivity contribution in [3.8, 4) is 5.75 Å². The molecule has 7 heteroatoms. The number of guanidine groups is 1. The molecule has 0 amide bonds. The van der Waals surface area contributed by atoms with Gasteiger partial charge in [0.1, 0.15) is 5.75 Å². The molecule has 0 atom stereocenters. The van der Waals surface area contributed by atoms with Crippen molar-refractivity contribution < 1.29 is 13.5 Å². The molecule has 124 valence electrons. The average Bonchev–Trinajstić information content (AvgIpc) is 2.48. The molecule has 0 aliphatic heterocycles. The Kier molecular flexibility index (Phi) is 8.65. The summed E-state index contributed by atoms with van der Waals surface area (Å²) in [5.41, 5.74) is 1.000. The highest BCUT2D eigenvalue weighted by Crippen LogP contribution is 2.15. The van der Waals surface area contributed by atoms with Gasteiger partial charge in [0.2, 0.25) is 0 Å². The minimum absolute atomic E-state index is 0.168. The summed E-state index contributed by atoms with van der Waals surface area (Å²) in [4.78, 5) is 6.55. The summed E-state index contributed by atoms with van der Waals surface area (Å²) in [5, 5.41) is 3.24. The monoisotopic (exact) mass is 331 g/mol. The van der Waals surface area contributed by atoms with Gasteiger partial charge in [-0.1, -0.05) is 12.1 Å². The molecule has 22 heavy (non-hydrogen) atoms. The number of benzene rings is 1. The van der Waals surface area contributed by atoms with Crippen LogP contribution in [0.4, 0.5) is 8.78 Å². The van der Waals surface area contributed by atoms with Crippen molar-refractivity contribution in [2.75, 3.05) is 32.1 Å². The normalized spacial score (nSPS) is 11.6. The summed E-state index contributed by atoms with van der Waals surface area (Å²) < 4.78 is 28.6. The van der Waals surface area contributed by atoms with Gasteiger partial charge in [0, 0.05) is 25.9 Å². The molecule has 0 radical (unpaired) electrons. The standard InChI is InChI=1S/C15H23F2N3OS/c1-4-18-15(19-9-10-22-3)20(2)11-12-5-7-13(8-6-12)21-14(16)17/h5-8,14H,4,9-11H2,1-3H3,(H,18,19). The third kappa shape index (κ3) is 6.98. The van der Waals surface area contributed by atoms with Crippen molar-refractivity contribution in [1.29, 1.82) is 0 Å². The number of halogens is 2. The van der Waals surface area contributed by atoms with Gasteiger partial charge >= 0.3 is 6.61 Å². The van der Waals surface area contributed by atoms with Crippen molar-refractivity contribution in [2.24, 2.45) is 4.99 Å². The summed E-state index contributed by atoms with van der Waals surface area (Å²) in [6, 6.07) is 6.65. The van der Waals surface area contributed by atoms with Gasteiger partial charge in [-0.25, -0.2) is 0 Å². The Labute approximate surface area is 134 Å². The van der Waals surface area contributed by atoms with Gasteiger partial charge in [-0.2, -0.15) is 20.5 Å². The number of ether oxygens (including phenoxy) is 1. The van der Waals surface area contributed by atoms with Gasteiger partial charge in [-0.15, -0.1) is 0 Å². The lowest BCUT2D eigenvalue weighted by Crippen LogP contribution is -2.38. The molecule has 1 rings (SSSR count). The van der Waals surface area contributed by atoms with E-state index in [0.717, 1.165) is 30.4 Å². The minimum Gasteiger partial charge on any atom is -0.435 e. The Morgan fingerprint density at radius 3 is 2.59 bits per heavy atom. The second kappa shape index (κ2) is 10.3. The molecule has 0 spiro atoms. The molecule has 0 bridgehead atoms. The third-order valence-corrected chi connectivity index (χ3v) is 3.41. The summed E-state index contributed by atoms with van der Waals surface area (Å²) >= 11 is 1.76. The van der Waals surface area contributed by atoms with Crippen molar-refractivity contribution in [3.63, 3.8) is 0 Å². The lowest BCUT2D eigenvalue weighted by atomic mass is 10.2. The predicted molar refractivity (Wildman–Crippen MR) is 88.9 cm³/mol. The minimum atomic E-state index is -2.79. The molecule has 0 aliphatic carbocycles. The maximum absolute atomic E-state index is 12.1. The van der Waals surface area contributed by atoms with Crippen LogP contribution in [0.5, 0.6) is 5.75 Å². The van der Waals surface area contributed by atoms with Crippen molar-refractivity contribution in [1.82, 2.24) is 10.2 Å². The third-order valence-electron chi connectivity index (χ3n) is 2.82. The second-order valence-corrected chi connectivity index (χ2v) is 5.59. The summed E-state index contributed by atoms with van der Waals surface area (Å²) in [5.74, 6) is 1.98. The number of hydrogen-bond acceptors (Lipinski definition) is 3. The number of aliphatic imine (C=N–C) groups is 1. The molecular weight excluding hydrogens is 308 g/mol. The van der Waals surface area contributed by atoms with E-state index in [0.29, 0.717) is 6.54 Å². The van der Waals surface area contributed by atoms with E-state index in [2.05, 4.69) is 21.3 Å². The molecule has 0 saturated carbocycles. The maximum Gasteiger partial charge on any atom is 0.387 e. The number of thioether (sulfide) groups is 1. The van der Waals surface area contributed by atoms with Crippen LogP contribution in [-0.2, 0) is 6.54 Å². The topological polar surface area (TPSA) is 36.9 Å². The zero-order valence-corrected chi connectivity index (χ0v) is 14.0. The zero-order valence-electron chi connectivity index (χ0n) is 13.2. The van der Waals surface area contributed by atoms with Gasteiger partial charge in [0.05, 0.1) is 6.54 Å². The Bertz CT molecular complexity index is 455. The van der Waals surface area contributed by atoms with E-state index in [1.165, 1.54) is 0 Å². The van der Waals surface area contributed by atoms with Crippen molar-refractivity contribution in [2.45, 2.75) is 20.1 Å². The van der Waals surface area contributed by atoms with Crippen LogP contribution in [-0.4, -0.2) is 49.6 Å². The Morgan fingerprint density at radius 2 is 2.05 bits per heavy atom. The van der Waals surface area contributed by atoms with Crippen LogP contribution in [0.1, 0.15) is 12.5 Å². The number of rotatable bonds is 8. The van der Waals surface area contributed by atoms with E-state index in [9.17, 15) is 8.78 Å². The van der Waals surface area contributed by atoms with Gasteiger partial charge in [0.15, 0.2) is 5.96 Å². The highest BCUT2D eigenvalue weighted by Gasteiger charge is 2.08. The smallest absolute Gasteiger partial charge is 0.387 e. The summed E-state index contributed by atoms with van der Waals surface area (Å²) in [6.45, 7) is 1.42. The summed E-state index contributed by atoms with van der Waals surface area (Å²) in [7, 11) is 1.95. The SMILES string of the molecule is CCNC(=NCCSC)N(C)Cc1ccc(OC(F)F)cc1. The van der Waals surface area contributed by atoms with Gasteiger partial charge in [0.25, 0.3) is 0 Å². The van der Waals surface area contributed by atoms with Crippen LogP contribution in [0.2, 0.25) is 0 Å². The fourth-order valence-corrected chi connectivity index (χ4v) is 2.11. The number of alkyl halides is 2. The average molecular weight is 331 g/mol. The van der Waals surface area contributed by atoms with E-state index in [1.54, 1.807) is 36.0 Å². The Hall–Kier alpha value is -1.50. The molecule has 0 saturated heterocycles. The second-order valence-electron chi connectivity index (χ2n) is 4.61. The molecule has 1 N–H and O–H groups in total. The number of hydrogen-bond donors (Lipinski definition) is 1. The van der Waals surface area contributed by atoms with E-state index < -0.39 is 6.61 Å². The fourth-order valence-electron chi connectivity index (χ4n) is 1.84. The lowest BCUT2D eigenvalue weighted by Gasteiger charge is -2.22. The van der Waals surface area contributed by atoms with Crippen LogP contribution >= 0.6 is 11.8 Å². The largest absolute Gasteiger partial charge is 0.435 e. The first kappa shape index (κ1) is 18.5. The molecule has 0 aliphatic rings. The molecule has 0 fully saturated rings. The molecular formula is C15H23F2N3OS. The van der Waals surface area contributed by atoms with Crippen LogP contribution in [0.25, 0.3) is 0 Å². The van der Waals surface area contributed by atoms with Crippen LogP contribution in [0.3, 0.4) is 0 Å². The van der Waals surface area contributed by atoms with Crippen LogP contribution < -0.4 is 10.1 Å². The van der Waals surface area contributed by atoms with E-state index in [4.69, 9.17) is 0 Å². The van der Waals surface area contributed by atoms with E-state index in [-0.39, 0.29) is 5.75 Å². The first-order valence-corrected chi connectivity index (χ1v) is 8.48. The van der Waals surface area contributed by atoms with E-state index >= 15 is 0 Å². The fraction of sp³-hybridized carbons (Fsp3) is 0.533. The number of nitrogens with one attached hydrogen (secondary N) is 1. The van der Waals surface area contributed by atoms with Gasteiger partial charge < -0.3 is 15.0 Å². The van der Waals surface area contributed by atoms with Gasteiger partial charge in [-0.3, -0.25) is 4.99 Å². The Morgan fingerprint density at radius 1 is 1.36 bits per heavy atom. The van der Waals surface area contributed by atoms with Crippen LogP contribution in [0, 0.1) is 0 Å². The predicted octanol–water partition coefficient (Wildman–Crippen LogP) is 3.05. The molecule has 1 aromatic rings. The maximum atomic E-state index is 12.1. The van der Waals surface area contributed by atoms with Crippen molar-refractivity contribution in [3.05, 3.63) is 29.8 Å². The number of nitrogens with zero attached hydrogens (tertiary/aromatic N) is 2. The summed E-state index contributed by atoms with van der Waals surface area (Å²) in [6.07, 6.45) is 2.05. The first-order valence-electron chi connectivity index (χ1n) is 7.09. The van der Waals surface area contributed by atoms with E-state index in [1.807, 2.05) is 18.9 Å². The molecule has 4 nitrogen and oxygen atoms in total. The van der Waals surface area contributed by atoms with Crippen LogP contribution in [0.15, 0.2) is 29.3 Å². The Balaban J connectivity index is 2.63. The highest BCUT2D eigenvalue weighted by molar-refractivity contribution is 7.98. The van der Waals surface area contributed by atoms with Gasteiger partial charge in [-0.05, 0) is 30.9 Å². The molecule has 0 aromatic heterocycles.